The molecule has 2 N–H and O–H groups in total. The van der Waals surface area contributed by atoms with E-state index in [1.54, 1.807) is 0 Å². The lowest BCUT2D eigenvalue weighted by Gasteiger charge is -2.11. The summed E-state index contributed by atoms with van der Waals surface area (Å²) in [6.45, 7) is 0.749. The van der Waals surface area contributed by atoms with Crippen molar-refractivity contribution < 1.29 is 17.9 Å². The molecule has 0 heterocycles. The topological polar surface area (TPSA) is 35.2 Å². The van der Waals surface area contributed by atoms with Crippen molar-refractivity contribution in [1.29, 1.82) is 0 Å². The van der Waals surface area contributed by atoms with E-state index >= 15 is 0 Å². The molecule has 0 fully saturated rings. The van der Waals surface area contributed by atoms with Crippen LogP contribution in [0.4, 0.5) is 13.2 Å². The third-order valence-corrected chi connectivity index (χ3v) is 2.40. The van der Waals surface area contributed by atoms with Crippen LogP contribution >= 0.6 is 0 Å². The predicted octanol–water partition coefficient (Wildman–Crippen LogP) is 2.59. The Bertz CT molecular complexity index is 348. The summed E-state index contributed by atoms with van der Waals surface area (Å²) in [7, 11) is 0. The molecular formula is C12H16F3NO. The van der Waals surface area contributed by atoms with E-state index in [0.717, 1.165) is 6.42 Å². The van der Waals surface area contributed by atoms with E-state index in [4.69, 9.17) is 5.73 Å². The van der Waals surface area contributed by atoms with Gasteiger partial charge in [-0.05, 0) is 30.5 Å². The van der Waals surface area contributed by atoms with E-state index in [2.05, 4.69) is 4.74 Å². The van der Waals surface area contributed by atoms with E-state index in [9.17, 15) is 13.2 Å². The van der Waals surface area contributed by atoms with Gasteiger partial charge >= 0.3 is 0 Å². The van der Waals surface area contributed by atoms with Gasteiger partial charge in [-0.15, -0.1) is 0 Å². The van der Waals surface area contributed by atoms with Crippen molar-refractivity contribution in [3.8, 4) is 5.75 Å². The van der Waals surface area contributed by atoms with Gasteiger partial charge in [0.2, 0.25) is 0 Å². The van der Waals surface area contributed by atoms with Gasteiger partial charge < -0.3 is 10.5 Å². The average Bonchev–Trinajstić information content (AvgIpc) is 2.28. The van der Waals surface area contributed by atoms with Gasteiger partial charge in [0.1, 0.15) is 13.3 Å². The van der Waals surface area contributed by atoms with E-state index in [1.165, 1.54) is 12.1 Å². The molecule has 0 aliphatic heterocycles. The Balaban J connectivity index is 2.85. The van der Waals surface area contributed by atoms with Crippen molar-refractivity contribution in [1.82, 2.24) is 0 Å². The highest BCUT2D eigenvalue weighted by molar-refractivity contribution is 5.31. The van der Waals surface area contributed by atoms with Crippen LogP contribution in [0.2, 0.25) is 0 Å². The van der Waals surface area contributed by atoms with Crippen LogP contribution in [0.5, 0.6) is 5.75 Å². The maximum absolute atomic E-state index is 13.5. The second kappa shape index (κ2) is 6.49. The first-order chi connectivity index (χ1) is 8.08. The Morgan fingerprint density at radius 2 is 1.88 bits per heavy atom. The van der Waals surface area contributed by atoms with Crippen LogP contribution in [-0.2, 0) is 6.42 Å². The minimum absolute atomic E-state index is 0.133. The van der Waals surface area contributed by atoms with E-state index in [1.807, 2.05) is 6.92 Å². The molecule has 5 heteroatoms. The molecule has 0 bridgehead atoms. The number of halogens is 3. The largest absolute Gasteiger partial charge is 0.485 e. The van der Waals surface area contributed by atoms with Gasteiger partial charge in [-0.1, -0.05) is 6.92 Å². The fourth-order valence-corrected chi connectivity index (χ4v) is 1.46. The van der Waals surface area contributed by atoms with Crippen LogP contribution in [0, 0.1) is 11.6 Å². The summed E-state index contributed by atoms with van der Waals surface area (Å²) in [5, 5.41) is 0. The highest BCUT2D eigenvalue weighted by Crippen LogP contribution is 2.24. The normalized spacial score (nSPS) is 12.5. The smallest absolute Gasteiger partial charge is 0.190 e. The Labute approximate surface area is 98.6 Å². The standard InChI is InChI=1S/C12H16F3NO/c1-2-9(16)5-8-6-10(14)12(11(15)7-8)17-4-3-13/h6-7,9H,2-5,16H2,1H3. The van der Waals surface area contributed by atoms with Crippen LogP contribution in [0.1, 0.15) is 18.9 Å². The zero-order chi connectivity index (χ0) is 12.8. The Hall–Kier alpha value is -1.23. The second-order valence-electron chi connectivity index (χ2n) is 3.80. The third-order valence-electron chi connectivity index (χ3n) is 2.40. The number of ether oxygens (including phenoxy) is 1. The van der Waals surface area contributed by atoms with Gasteiger partial charge in [-0.3, -0.25) is 0 Å². The van der Waals surface area contributed by atoms with Crippen molar-refractivity contribution in [3.63, 3.8) is 0 Å². The zero-order valence-electron chi connectivity index (χ0n) is 9.68. The van der Waals surface area contributed by atoms with Gasteiger partial charge in [0.25, 0.3) is 0 Å². The van der Waals surface area contributed by atoms with Gasteiger partial charge in [0, 0.05) is 6.04 Å². The van der Waals surface area contributed by atoms with Crippen LogP contribution < -0.4 is 10.5 Å². The maximum Gasteiger partial charge on any atom is 0.190 e. The quantitative estimate of drug-likeness (QED) is 0.838. The third kappa shape index (κ3) is 3.93. The van der Waals surface area contributed by atoms with Crippen LogP contribution in [0.3, 0.4) is 0 Å². The van der Waals surface area contributed by atoms with Gasteiger partial charge in [-0.2, -0.15) is 0 Å². The number of nitrogens with two attached hydrogens (primary N) is 1. The zero-order valence-corrected chi connectivity index (χ0v) is 9.68. The summed E-state index contributed by atoms with van der Waals surface area (Å²) in [6.07, 6.45) is 1.12. The molecule has 1 aromatic carbocycles. The summed E-state index contributed by atoms with van der Waals surface area (Å²) in [5.41, 5.74) is 6.17. The Kier molecular flexibility index (Phi) is 5.28. The van der Waals surface area contributed by atoms with Crippen molar-refractivity contribution in [2.75, 3.05) is 13.3 Å². The van der Waals surface area contributed by atoms with Gasteiger partial charge in [-0.25, -0.2) is 13.2 Å². The maximum atomic E-state index is 13.5. The molecule has 1 aromatic rings. The fourth-order valence-electron chi connectivity index (χ4n) is 1.46. The van der Waals surface area contributed by atoms with Crippen molar-refractivity contribution in [2.45, 2.75) is 25.8 Å². The van der Waals surface area contributed by atoms with Crippen molar-refractivity contribution in [3.05, 3.63) is 29.3 Å². The lowest BCUT2D eigenvalue weighted by molar-refractivity contribution is 0.251. The van der Waals surface area contributed by atoms with Crippen LogP contribution in [0.25, 0.3) is 0 Å². The molecule has 0 radical (unpaired) electrons. The lowest BCUT2D eigenvalue weighted by Crippen LogP contribution is -2.21. The molecule has 1 rings (SSSR count). The molecule has 0 spiro atoms. The monoisotopic (exact) mass is 247 g/mol. The molecule has 0 saturated carbocycles. The molecule has 0 aliphatic carbocycles. The highest BCUT2D eigenvalue weighted by Gasteiger charge is 2.13. The molecule has 0 aliphatic rings. The number of rotatable bonds is 6. The highest BCUT2D eigenvalue weighted by atomic mass is 19.1. The van der Waals surface area contributed by atoms with Gasteiger partial charge in [0.05, 0.1) is 0 Å². The second-order valence-corrected chi connectivity index (χ2v) is 3.80. The number of alkyl halides is 1. The molecule has 0 aromatic heterocycles. The first kappa shape index (κ1) is 13.8. The Morgan fingerprint density at radius 1 is 1.29 bits per heavy atom. The molecule has 1 atom stereocenters. The lowest BCUT2D eigenvalue weighted by atomic mass is 10.0. The summed E-state index contributed by atoms with van der Waals surface area (Å²) >= 11 is 0. The Morgan fingerprint density at radius 3 is 2.35 bits per heavy atom. The minimum atomic E-state index is -0.822. The first-order valence-corrected chi connectivity index (χ1v) is 5.50. The molecular weight excluding hydrogens is 231 g/mol. The fraction of sp³-hybridized carbons (Fsp3) is 0.500. The summed E-state index contributed by atoms with van der Waals surface area (Å²) in [4.78, 5) is 0. The molecule has 17 heavy (non-hydrogen) atoms. The van der Waals surface area contributed by atoms with Crippen LogP contribution in [-0.4, -0.2) is 19.3 Å². The first-order valence-electron chi connectivity index (χ1n) is 5.50. The average molecular weight is 247 g/mol. The summed E-state index contributed by atoms with van der Waals surface area (Å²) < 4.78 is 43.4. The van der Waals surface area contributed by atoms with Crippen molar-refractivity contribution >= 4 is 0 Å². The van der Waals surface area contributed by atoms with Crippen molar-refractivity contribution in [2.24, 2.45) is 5.73 Å². The molecule has 0 amide bonds. The van der Waals surface area contributed by atoms with Crippen LogP contribution in [0.15, 0.2) is 12.1 Å². The molecule has 0 saturated heterocycles. The molecule has 2 nitrogen and oxygen atoms in total. The predicted molar refractivity (Wildman–Crippen MR) is 59.8 cm³/mol. The number of benzene rings is 1. The summed E-state index contributed by atoms with van der Waals surface area (Å²) in [5.74, 6) is -2.18. The van der Waals surface area contributed by atoms with E-state index in [-0.39, 0.29) is 12.6 Å². The number of hydrogen-bond acceptors (Lipinski definition) is 2. The van der Waals surface area contributed by atoms with E-state index in [0.29, 0.717) is 12.0 Å². The molecule has 1 unspecified atom stereocenters. The van der Waals surface area contributed by atoms with Gasteiger partial charge in [0.15, 0.2) is 17.4 Å². The molecule has 96 valence electrons. The van der Waals surface area contributed by atoms with E-state index < -0.39 is 24.1 Å². The number of hydrogen-bond donors (Lipinski definition) is 1. The minimum Gasteiger partial charge on any atom is -0.485 e. The SMILES string of the molecule is CCC(N)Cc1cc(F)c(OCCF)c(F)c1. The summed E-state index contributed by atoms with van der Waals surface area (Å²) in [6, 6.07) is 2.21.